The van der Waals surface area contributed by atoms with Gasteiger partial charge in [0.05, 0.1) is 18.5 Å². The highest BCUT2D eigenvalue weighted by Crippen LogP contribution is 2.57. The fraction of sp³-hybridized carbons (Fsp3) is 0.500. The number of hydrogen-bond acceptors (Lipinski definition) is 2. The molecule has 1 saturated carbocycles. The molecular weight excluding hydrogens is 248 g/mol. The molecule has 1 atom stereocenters. The van der Waals surface area contributed by atoms with Crippen molar-refractivity contribution in [3.05, 3.63) is 24.0 Å². The van der Waals surface area contributed by atoms with Gasteiger partial charge in [0.1, 0.15) is 17.1 Å². The predicted octanol–water partition coefficient (Wildman–Crippen LogP) is 3.75. The predicted molar refractivity (Wildman–Crippen MR) is 73.3 cm³/mol. The molecule has 18 heavy (non-hydrogen) atoms. The summed E-state index contributed by atoms with van der Waals surface area (Å²) in [7, 11) is 1.68. The van der Waals surface area contributed by atoms with Crippen molar-refractivity contribution >= 4 is 22.6 Å². The van der Waals surface area contributed by atoms with E-state index in [1.54, 1.807) is 7.11 Å². The van der Waals surface area contributed by atoms with Crippen LogP contribution in [0.25, 0.3) is 11.0 Å². The van der Waals surface area contributed by atoms with Crippen LogP contribution in [0.1, 0.15) is 32.1 Å². The fourth-order valence-electron chi connectivity index (χ4n) is 2.63. The molecule has 1 unspecified atom stereocenters. The van der Waals surface area contributed by atoms with Crippen molar-refractivity contribution in [2.24, 2.45) is 5.41 Å². The minimum Gasteiger partial charge on any atom is -0.494 e. The molecule has 4 heteroatoms. The van der Waals surface area contributed by atoms with Gasteiger partial charge in [0.25, 0.3) is 0 Å². The molecule has 1 aliphatic carbocycles. The van der Waals surface area contributed by atoms with Gasteiger partial charge in [-0.15, -0.1) is 11.6 Å². The van der Waals surface area contributed by atoms with E-state index in [0.717, 1.165) is 22.6 Å². The maximum absolute atomic E-state index is 6.04. The van der Waals surface area contributed by atoms with E-state index in [0.29, 0.717) is 17.3 Å². The fourth-order valence-corrected chi connectivity index (χ4v) is 2.81. The van der Waals surface area contributed by atoms with E-state index in [1.807, 2.05) is 12.1 Å². The summed E-state index contributed by atoms with van der Waals surface area (Å²) in [6.07, 6.45) is 1.18. The van der Waals surface area contributed by atoms with Crippen LogP contribution in [0.5, 0.6) is 5.75 Å². The first-order valence-corrected chi connectivity index (χ1v) is 6.71. The first kappa shape index (κ1) is 11.8. The highest BCUT2D eigenvalue weighted by atomic mass is 35.5. The lowest BCUT2D eigenvalue weighted by atomic mass is 10.2. The van der Waals surface area contributed by atoms with E-state index < -0.39 is 0 Å². The van der Waals surface area contributed by atoms with Crippen molar-refractivity contribution < 1.29 is 4.74 Å². The molecule has 0 saturated heterocycles. The summed E-state index contributed by atoms with van der Waals surface area (Å²) in [4.78, 5) is 4.63. The second-order valence-electron chi connectivity index (χ2n) is 5.57. The van der Waals surface area contributed by atoms with Crippen LogP contribution < -0.4 is 4.74 Å². The van der Waals surface area contributed by atoms with Crippen molar-refractivity contribution in [1.29, 1.82) is 0 Å². The van der Waals surface area contributed by atoms with E-state index in [9.17, 15) is 0 Å². The lowest BCUT2D eigenvalue weighted by molar-refractivity contribution is 0.419. The largest absolute Gasteiger partial charge is 0.494 e. The zero-order valence-electron chi connectivity index (χ0n) is 10.9. The number of nitrogens with zero attached hydrogens (tertiary/aromatic N) is 2. The quantitative estimate of drug-likeness (QED) is 0.790. The molecule has 1 aliphatic rings. The number of fused-ring (bicyclic) bond motifs is 1. The Morgan fingerprint density at radius 1 is 1.50 bits per heavy atom. The molecule has 0 bridgehead atoms. The van der Waals surface area contributed by atoms with Gasteiger partial charge in [-0.2, -0.15) is 0 Å². The summed E-state index contributed by atoms with van der Waals surface area (Å²) in [6, 6.07) is 6.54. The molecule has 1 heterocycles. The molecule has 1 aromatic heterocycles. The van der Waals surface area contributed by atoms with Gasteiger partial charge in [-0.25, -0.2) is 4.98 Å². The first-order chi connectivity index (χ1) is 8.58. The van der Waals surface area contributed by atoms with E-state index in [-0.39, 0.29) is 0 Å². The highest BCUT2D eigenvalue weighted by Gasteiger charge is 2.48. The van der Waals surface area contributed by atoms with Gasteiger partial charge in [-0.05, 0) is 24.0 Å². The number of aromatic nitrogens is 2. The van der Waals surface area contributed by atoms with Crippen molar-refractivity contribution in [3.8, 4) is 5.75 Å². The number of para-hydroxylation sites is 1. The van der Waals surface area contributed by atoms with Gasteiger partial charge in [0.15, 0.2) is 0 Å². The van der Waals surface area contributed by atoms with Crippen LogP contribution in [0.2, 0.25) is 0 Å². The smallest absolute Gasteiger partial charge is 0.146 e. The number of rotatable bonds is 3. The van der Waals surface area contributed by atoms with Crippen molar-refractivity contribution in [2.45, 2.75) is 32.2 Å². The van der Waals surface area contributed by atoms with Crippen LogP contribution in [-0.2, 0) is 5.88 Å². The minimum atomic E-state index is 0.345. The molecule has 2 aromatic rings. The third-order valence-corrected chi connectivity index (χ3v) is 4.11. The van der Waals surface area contributed by atoms with Crippen LogP contribution >= 0.6 is 11.6 Å². The molecule has 0 radical (unpaired) electrons. The molecule has 3 nitrogen and oxygen atoms in total. The maximum Gasteiger partial charge on any atom is 0.146 e. The van der Waals surface area contributed by atoms with Crippen molar-refractivity contribution in [3.63, 3.8) is 0 Å². The zero-order valence-corrected chi connectivity index (χ0v) is 11.7. The van der Waals surface area contributed by atoms with Gasteiger partial charge in [-0.1, -0.05) is 19.9 Å². The third-order valence-electron chi connectivity index (χ3n) is 3.87. The minimum absolute atomic E-state index is 0.345. The number of benzene rings is 1. The standard InChI is InChI=1S/C14H17ClN2O/c1-14(2)7-11(14)17-9-5-4-6-10(18-3)13(9)16-12(17)8-15/h4-6,11H,7-8H2,1-3H3. The topological polar surface area (TPSA) is 27.1 Å². The summed E-state index contributed by atoms with van der Waals surface area (Å²) in [5.41, 5.74) is 2.39. The first-order valence-electron chi connectivity index (χ1n) is 6.18. The van der Waals surface area contributed by atoms with Crippen LogP contribution in [0.3, 0.4) is 0 Å². The molecule has 0 amide bonds. The SMILES string of the molecule is COc1cccc2c1nc(CCl)n2C1CC1(C)C. The Labute approximate surface area is 112 Å². The van der Waals surface area contributed by atoms with Crippen LogP contribution in [0.15, 0.2) is 18.2 Å². The lowest BCUT2D eigenvalue weighted by Crippen LogP contribution is -2.04. The third kappa shape index (κ3) is 1.61. The molecule has 0 aliphatic heterocycles. The van der Waals surface area contributed by atoms with Crippen LogP contribution in [0.4, 0.5) is 0 Å². The second kappa shape index (κ2) is 3.89. The van der Waals surface area contributed by atoms with Gasteiger partial charge in [0.2, 0.25) is 0 Å². The van der Waals surface area contributed by atoms with E-state index in [4.69, 9.17) is 16.3 Å². The molecule has 96 valence electrons. The number of hydrogen-bond donors (Lipinski definition) is 0. The van der Waals surface area contributed by atoms with Gasteiger partial charge in [-0.3, -0.25) is 0 Å². The number of ether oxygens (including phenoxy) is 1. The number of imidazole rings is 1. The monoisotopic (exact) mass is 264 g/mol. The Morgan fingerprint density at radius 2 is 2.22 bits per heavy atom. The summed E-state index contributed by atoms with van der Waals surface area (Å²) < 4.78 is 7.66. The van der Waals surface area contributed by atoms with Crippen LogP contribution in [-0.4, -0.2) is 16.7 Å². The molecule has 0 spiro atoms. The second-order valence-corrected chi connectivity index (χ2v) is 5.84. The summed E-state index contributed by atoms with van der Waals surface area (Å²) in [5.74, 6) is 2.19. The lowest BCUT2D eigenvalue weighted by Gasteiger charge is -2.09. The van der Waals surface area contributed by atoms with Gasteiger partial charge in [0, 0.05) is 6.04 Å². The normalized spacial score (nSPS) is 21.2. The summed E-state index contributed by atoms with van der Waals surface area (Å²) in [5, 5.41) is 0. The highest BCUT2D eigenvalue weighted by molar-refractivity contribution is 6.16. The average molecular weight is 265 g/mol. The maximum atomic E-state index is 6.04. The molecule has 1 aromatic carbocycles. The van der Waals surface area contributed by atoms with Crippen LogP contribution in [0, 0.1) is 5.41 Å². The Hall–Kier alpha value is -1.22. The zero-order chi connectivity index (χ0) is 12.9. The average Bonchev–Trinajstić information content (AvgIpc) is 2.84. The Morgan fingerprint density at radius 3 is 2.78 bits per heavy atom. The van der Waals surface area contributed by atoms with E-state index in [1.165, 1.54) is 6.42 Å². The van der Waals surface area contributed by atoms with E-state index in [2.05, 4.69) is 29.5 Å². The Kier molecular flexibility index (Phi) is 2.56. The number of methoxy groups -OCH3 is 1. The number of alkyl halides is 1. The Bertz CT molecular complexity index is 603. The number of halogens is 1. The van der Waals surface area contributed by atoms with Crippen molar-refractivity contribution in [1.82, 2.24) is 9.55 Å². The van der Waals surface area contributed by atoms with E-state index >= 15 is 0 Å². The molecule has 1 fully saturated rings. The summed E-state index contributed by atoms with van der Waals surface area (Å²) in [6.45, 7) is 4.56. The Balaban J connectivity index is 2.23. The van der Waals surface area contributed by atoms with Gasteiger partial charge >= 0.3 is 0 Å². The molecule has 3 rings (SSSR count). The van der Waals surface area contributed by atoms with Gasteiger partial charge < -0.3 is 9.30 Å². The molecule has 0 N–H and O–H groups in total. The summed E-state index contributed by atoms with van der Waals surface area (Å²) >= 11 is 6.04. The van der Waals surface area contributed by atoms with Crippen molar-refractivity contribution in [2.75, 3.05) is 7.11 Å². The molecular formula is C14H17ClN2O.